The van der Waals surface area contributed by atoms with Crippen molar-refractivity contribution < 1.29 is 19.1 Å². The Hall–Kier alpha value is -3.02. The molecule has 0 aliphatic heterocycles. The fourth-order valence-corrected chi connectivity index (χ4v) is 2.28. The van der Waals surface area contributed by atoms with Crippen LogP contribution in [0.5, 0.6) is 11.5 Å². The van der Waals surface area contributed by atoms with Gasteiger partial charge in [0.25, 0.3) is 5.91 Å². The molecule has 2 amide bonds. The van der Waals surface area contributed by atoms with Crippen LogP contribution in [0.25, 0.3) is 0 Å². The molecule has 0 aliphatic rings. The Labute approximate surface area is 153 Å². The topological polar surface area (TPSA) is 76.7 Å². The Kier molecular flexibility index (Phi) is 7.02. The number of benzene rings is 2. The highest BCUT2D eigenvalue weighted by atomic mass is 16.5. The van der Waals surface area contributed by atoms with Crippen molar-refractivity contribution in [2.24, 2.45) is 0 Å². The molecule has 2 aromatic carbocycles. The maximum atomic E-state index is 12.5. The Morgan fingerprint density at radius 1 is 0.808 bits per heavy atom. The monoisotopic (exact) mass is 356 g/mol. The van der Waals surface area contributed by atoms with E-state index in [0.29, 0.717) is 48.1 Å². The van der Waals surface area contributed by atoms with E-state index in [1.807, 2.05) is 13.8 Å². The van der Waals surface area contributed by atoms with Gasteiger partial charge in [0, 0.05) is 23.4 Å². The predicted molar refractivity (Wildman–Crippen MR) is 102 cm³/mol. The highest BCUT2D eigenvalue weighted by Gasteiger charge is 2.12. The number of anilines is 2. The summed E-state index contributed by atoms with van der Waals surface area (Å²) in [6.07, 6.45) is 0.415. The normalized spacial score (nSPS) is 10.1. The van der Waals surface area contributed by atoms with Crippen molar-refractivity contribution in [1.82, 2.24) is 0 Å². The second kappa shape index (κ2) is 9.46. The zero-order valence-corrected chi connectivity index (χ0v) is 15.3. The number of rotatable bonds is 8. The number of ether oxygens (including phenoxy) is 2. The third-order valence-electron chi connectivity index (χ3n) is 3.55. The quantitative estimate of drug-likeness (QED) is 0.747. The molecular formula is C20H24N2O4. The van der Waals surface area contributed by atoms with Gasteiger partial charge in [-0.2, -0.15) is 0 Å². The van der Waals surface area contributed by atoms with E-state index in [4.69, 9.17) is 9.47 Å². The van der Waals surface area contributed by atoms with Gasteiger partial charge in [0.1, 0.15) is 0 Å². The summed E-state index contributed by atoms with van der Waals surface area (Å²) in [5.41, 5.74) is 1.80. The van der Waals surface area contributed by atoms with Crippen LogP contribution in [0.3, 0.4) is 0 Å². The minimum atomic E-state index is -0.251. The molecule has 0 saturated heterocycles. The Morgan fingerprint density at radius 2 is 1.38 bits per heavy atom. The van der Waals surface area contributed by atoms with E-state index in [0.717, 1.165) is 0 Å². The van der Waals surface area contributed by atoms with Gasteiger partial charge in [-0.25, -0.2) is 0 Å². The van der Waals surface area contributed by atoms with Crippen LogP contribution in [0.15, 0.2) is 42.5 Å². The summed E-state index contributed by atoms with van der Waals surface area (Å²) in [6, 6.07) is 12.0. The van der Waals surface area contributed by atoms with Crippen molar-refractivity contribution in [3.63, 3.8) is 0 Å². The third-order valence-corrected chi connectivity index (χ3v) is 3.55. The van der Waals surface area contributed by atoms with Gasteiger partial charge in [-0.1, -0.05) is 6.92 Å². The minimum Gasteiger partial charge on any atom is -0.490 e. The molecular weight excluding hydrogens is 332 g/mol. The number of amides is 2. The van der Waals surface area contributed by atoms with Crippen molar-refractivity contribution in [3.8, 4) is 11.5 Å². The first-order valence-corrected chi connectivity index (χ1v) is 8.68. The van der Waals surface area contributed by atoms with Crippen molar-refractivity contribution in [2.45, 2.75) is 27.2 Å². The van der Waals surface area contributed by atoms with Crippen LogP contribution < -0.4 is 20.1 Å². The molecule has 2 rings (SSSR count). The van der Waals surface area contributed by atoms with Crippen LogP contribution in [0, 0.1) is 0 Å². The molecule has 138 valence electrons. The first-order valence-electron chi connectivity index (χ1n) is 8.68. The molecule has 0 aliphatic carbocycles. The lowest BCUT2D eigenvalue weighted by Gasteiger charge is -2.12. The van der Waals surface area contributed by atoms with Crippen LogP contribution >= 0.6 is 0 Å². The summed E-state index contributed by atoms with van der Waals surface area (Å²) < 4.78 is 11.1. The van der Waals surface area contributed by atoms with Gasteiger partial charge in [0.15, 0.2) is 11.5 Å². The van der Waals surface area contributed by atoms with Crippen LogP contribution in [-0.2, 0) is 4.79 Å². The van der Waals surface area contributed by atoms with Gasteiger partial charge < -0.3 is 20.1 Å². The van der Waals surface area contributed by atoms with Gasteiger partial charge in [0.2, 0.25) is 5.91 Å². The SMILES string of the molecule is CCOc1ccc(C(=O)Nc2ccc(NC(=O)CC)cc2)cc1OCC. The maximum Gasteiger partial charge on any atom is 0.255 e. The summed E-state index contributed by atoms with van der Waals surface area (Å²) in [5, 5.41) is 5.59. The Bertz CT molecular complexity index is 757. The van der Waals surface area contributed by atoms with Crippen molar-refractivity contribution in [1.29, 1.82) is 0 Å². The third kappa shape index (κ3) is 5.24. The molecule has 0 saturated carbocycles. The fraction of sp³-hybridized carbons (Fsp3) is 0.300. The van der Waals surface area contributed by atoms with Crippen molar-refractivity contribution in [3.05, 3.63) is 48.0 Å². The minimum absolute atomic E-state index is 0.0559. The van der Waals surface area contributed by atoms with E-state index < -0.39 is 0 Å². The molecule has 0 unspecified atom stereocenters. The average molecular weight is 356 g/mol. The summed E-state index contributed by atoms with van der Waals surface area (Å²) in [6.45, 7) is 6.56. The summed E-state index contributed by atoms with van der Waals surface area (Å²) in [4.78, 5) is 23.9. The van der Waals surface area contributed by atoms with Gasteiger partial charge in [0.05, 0.1) is 13.2 Å². The molecule has 0 spiro atoms. The van der Waals surface area contributed by atoms with Crippen LogP contribution in [0.4, 0.5) is 11.4 Å². The second-order valence-corrected chi connectivity index (χ2v) is 5.46. The largest absolute Gasteiger partial charge is 0.490 e. The number of hydrogen-bond acceptors (Lipinski definition) is 4. The van der Waals surface area contributed by atoms with Gasteiger partial charge >= 0.3 is 0 Å². The average Bonchev–Trinajstić information content (AvgIpc) is 2.65. The molecule has 6 nitrogen and oxygen atoms in total. The first-order chi connectivity index (χ1) is 12.6. The van der Waals surface area contributed by atoms with Crippen molar-refractivity contribution >= 4 is 23.2 Å². The molecule has 0 atom stereocenters. The molecule has 0 bridgehead atoms. The van der Waals surface area contributed by atoms with E-state index in [1.165, 1.54) is 0 Å². The van der Waals surface area contributed by atoms with E-state index in [9.17, 15) is 9.59 Å². The Morgan fingerprint density at radius 3 is 1.96 bits per heavy atom. The standard InChI is InChI=1S/C20H24N2O4/c1-4-19(23)21-15-8-10-16(11-9-15)22-20(24)14-7-12-17(25-5-2)18(13-14)26-6-3/h7-13H,4-6H2,1-3H3,(H,21,23)(H,22,24). The molecule has 0 heterocycles. The molecule has 2 N–H and O–H groups in total. The molecule has 0 radical (unpaired) electrons. The summed E-state index contributed by atoms with van der Waals surface area (Å²) in [5.74, 6) is 0.848. The maximum absolute atomic E-state index is 12.5. The van der Waals surface area contributed by atoms with Crippen LogP contribution in [0.2, 0.25) is 0 Å². The number of carbonyl (C=O) groups is 2. The van der Waals surface area contributed by atoms with Crippen LogP contribution in [-0.4, -0.2) is 25.0 Å². The number of hydrogen-bond donors (Lipinski definition) is 2. The fourth-order valence-electron chi connectivity index (χ4n) is 2.28. The Balaban J connectivity index is 2.09. The van der Waals surface area contributed by atoms with E-state index in [2.05, 4.69) is 10.6 Å². The summed E-state index contributed by atoms with van der Waals surface area (Å²) in [7, 11) is 0. The van der Waals surface area contributed by atoms with Gasteiger partial charge in [-0.05, 0) is 56.3 Å². The summed E-state index contributed by atoms with van der Waals surface area (Å²) >= 11 is 0. The lowest BCUT2D eigenvalue weighted by Crippen LogP contribution is -2.13. The van der Waals surface area contributed by atoms with E-state index in [-0.39, 0.29) is 11.8 Å². The molecule has 6 heteroatoms. The van der Waals surface area contributed by atoms with Crippen molar-refractivity contribution in [2.75, 3.05) is 23.8 Å². The van der Waals surface area contributed by atoms with Crippen LogP contribution in [0.1, 0.15) is 37.6 Å². The first kappa shape index (κ1) is 19.3. The molecule has 0 fully saturated rings. The number of carbonyl (C=O) groups excluding carboxylic acids is 2. The predicted octanol–water partition coefficient (Wildman–Crippen LogP) is 4.08. The van der Waals surface area contributed by atoms with Gasteiger partial charge in [-0.15, -0.1) is 0 Å². The molecule has 0 aromatic heterocycles. The zero-order chi connectivity index (χ0) is 18.9. The molecule has 26 heavy (non-hydrogen) atoms. The lowest BCUT2D eigenvalue weighted by molar-refractivity contribution is -0.115. The van der Waals surface area contributed by atoms with E-state index in [1.54, 1.807) is 49.4 Å². The van der Waals surface area contributed by atoms with E-state index >= 15 is 0 Å². The van der Waals surface area contributed by atoms with Gasteiger partial charge in [-0.3, -0.25) is 9.59 Å². The highest BCUT2D eigenvalue weighted by Crippen LogP contribution is 2.29. The number of nitrogens with one attached hydrogen (secondary N) is 2. The molecule has 2 aromatic rings. The smallest absolute Gasteiger partial charge is 0.255 e. The highest BCUT2D eigenvalue weighted by molar-refractivity contribution is 6.04. The zero-order valence-electron chi connectivity index (χ0n) is 15.3. The second-order valence-electron chi connectivity index (χ2n) is 5.46. The lowest BCUT2D eigenvalue weighted by atomic mass is 10.1.